The molecule has 0 spiro atoms. The quantitative estimate of drug-likeness (QED) is 0.879. The van der Waals surface area contributed by atoms with Crippen LogP contribution in [0.3, 0.4) is 0 Å². The number of benzene rings is 2. The Morgan fingerprint density at radius 3 is 2.22 bits per heavy atom. The number of esters is 1. The van der Waals surface area contributed by atoms with E-state index < -0.39 is 5.97 Å². The molecular formula is C18H19NO4. The molecule has 2 aromatic carbocycles. The maximum Gasteiger partial charge on any atom is 0.337 e. The lowest BCUT2D eigenvalue weighted by atomic mass is 10.1. The fourth-order valence-electron chi connectivity index (χ4n) is 2.13. The molecule has 1 N–H and O–H groups in total. The number of methoxy groups -OCH3 is 2. The molecule has 5 nitrogen and oxygen atoms in total. The van der Waals surface area contributed by atoms with E-state index in [1.54, 1.807) is 18.2 Å². The zero-order valence-electron chi connectivity index (χ0n) is 13.6. The van der Waals surface area contributed by atoms with Gasteiger partial charge in [0.05, 0.1) is 25.5 Å². The number of hydrogen-bond donors (Lipinski definition) is 1. The minimum absolute atomic E-state index is 0.270. The fourth-order valence-corrected chi connectivity index (χ4v) is 2.13. The molecule has 0 bridgehead atoms. The second-order valence-corrected chi connectivity index (χ2v) is 5.16. The molecule has 0 unspecified atom stereocenters. The Morgan fingerprint density at radius 2 is 1.61 bits per heavy atom. The van der Waals surface area contributed by atoms with Crippen LogP contribution in [0, 0.1) is 13.8 Å². The Hall–Kier alpha value is -2.82. The highest BCUT2D eigenvalue weighted by Crippen LogP contribution is 2.26. The molecule has 0 fully saturated rings. The molecular weight excluding hydrogens is 294 g/mol. The highest BCUT2D eigenvalue weighted by atomic mass is 16.5. The Bertz CT molecular complexity index is 753. The van der Waals surface area contributed by atoms with Crippen molar-refractivity contribution in [1.29, 1.82) is 0 Å². The molecule has 0 atom stereocenters. The summed E-state index contributed by atoms with van der Waals surface area (Å²) in [6.07, 6.45) is 0. The third-order valence-corrected chi connectivity index (χ3v) is 3.64. The van der Waals surface area contributed by atoms with Gasteiger partial charge in [-0.3, -0.25) is 4.79 Å². The molecule has 2 rings (SSSR count). The van der Waals surface area contributed by atoms with Crippen molar-refractivity contribution in [1.82, 2.24) is 0 Å². The van der Waals surface area contributed by atoms with Crippen molar-refractivity contribution >= 4 is 17.6 Å². The van der Waals surface area contributed by atoms with E-state index in [9.17, 15) is 9.59 Å². The Kier molecular flexibility index (Phi) is 5.01. The molecule has 0 saturated heterocycles. The van der Waals surface area contributed by atoms with Crippen LogP contribution in [0.15, 0.2) is 36.4 Å². The number of carbonyl (C=O) groups is 2. The van der Waals surface area contributed by atoms with Crippen LogP contribution >= 0.6 is 0 Å². The number of aryl methyl sites for hydroxylation is 2. The predicted octanol–water partition coefficient (Wildman–Crippen LogP) is 3.35. The first kappa shape index (κ1) is 16.5. The summed E-state index contributed by atoms with van der Waals surface area (Å²) in [7, 11) is 2.80. The minimum Gasteiger partial charge on any atom is -0.495 e. The van der Waals surface area contributed by atoms with Gasteiger partial charge in [-0.05, 0) is 55.3 Å². The van der Waals surface area contributed by atoms with E-state index in [4.69, 9.17) is 9.47 Å². The number of anilines is 1. The average Bonchev–Trinajstić information content (AvgIpc) is 2.56. The van der Waals surface area contributed by atoms with Gasteiger partial charge in [0.1, 0.15) is 5.75 Å². The van der Waals surface area contributed by atoms with Crippen LogP contribution in [0.5, 0.6) is 5.75 Å². The summed E-state index contributed by atoms with van der Waals surface area (Å²) in [5.41, 5.74) is 3.45. The molecule has 0 radical (unpaired) electrons. The van der Waals surface area contributed by atoms with Crippen LogP contribution < -0.4 is 10.1 Å². The van der Waals surface area contributed by atoms with Gasteiger partial charge in [0.2, 0.25) is 0 Å². The van der Waals surface area contributed by atoms with Crippen LogP contribution in [0.4, 0.5) is 5.69 Å². The number of rotatable bonds is 4. The molecule has 0 aliphatic heterocycles. The number of nitrogens with one attached hydrogen (secondary N) is 1. The van der Waals surface area contributed by atoms with E-state index in [0.29, 0.717) is 22.6 Å². The number of amides is 1. The van der Waals surface area contributed by atoms with E-state index in [-0.39, 0.29) is 5.91 Å². The lowest BCUT2D eigenvalue weighted by Gasteiger charge is -2.12. The Morgan fingerprint density at radius 1 is 0.913 bits per heavy atom. The van der Waals surface area contributed by atoms with Crippen molar-refractivity contribution in [3.8, 4) is 5.75 Å². The molecule has 23 heavy (non-hydrogen) atoms. The largest absolute Gasteiger partial charge is 0.495 e. The van der Waals surface area contributed by atoms with Crippen molar-refractivity contribution in [2.45, 2.75) is 13.8 Å². The van der Waals surface area contributed by atoms with Crippen LogP contribution in [-0.4, -0.2) is 26.1 Å². The molecule has 0 aliphatic carbocycles. The van der Waals surface area contributed by atoms with Crippen LogP contribution in [-0.2, 0) is 4.74 Å². The van der Waals surface area contributed by atoms with E-state index in [1.165, 1.54) is 20.3 Å². The van der Waals surface area contributed by atoms with Gasteiger partial charge >= 0.3 is 5.97 Å². The molecule has 0 aliphatic rings. The number of hydrogen-bond acceptors (Lipinski definition) is 4. The number of ether oxygens (including phenoxy) is 2. The van der Waals surface area contributed by atoms with Crippen molar-refractivity contribution in [3.05, 3.63) is 58.7 Å². The van der Waals surface area contributed by atoms with Crippen molar-refractivity contribution in [3.63, 3.8) is 0 Å². The van der Waals surface area contributed by atoms with Crippen molar-refractivity contribution in [2.75, 3.05) is 19.5 Å². The first-order valence-corrected chi connectivity index (χ1v) is 7.11. The summed E-state index contributed by atoms with van der Waals surface area (Å²) < 4.78 is 9.92. The molecule has 120 valence electrons. The number of carbonyl (C=O) groups excluding carboxylic acids is 2. The summed E-state index contributed by atoms with van der Waals surface area (Å²) in [6.45, 7) is 3.93. The predicted molar refractivity (Wildman–Crippen MR) is 88.2 cm³/mol. The van der Waals surface area contributed by atoms with Gasteiger partial charge in [-0.2, -0.15) is 0 Å². The Balaban J connectivity index is 2.31. The Labute approximate surface area is 135 Å². The minimum atomic E-state index is -0.477. The van der Waals surface area contributed by atoms with Gasteiger partial charge in [-0.15, -0.1) is 0 Å². The lowest BCUT2D eigenvalue weighted by molar-refractivity contribution is 0.0600. The maximum atomic E-state index is 12.4. The normalized spacial score (nSPS) is 10.1. The van der Waals surface area contributed by atoms with E-state index in [0.717, 1.165) is 11.1 Å². The van der Waals surface area contributed by atoms with Crippen LogP contribution in [0.25, 0.3) is 0 Å². The summed E-state index contributed by atoms with van der Waals surface area (Å²) in [6, 6.07) is 10.2. The first-order chi connectivity index (χ1) is 11.0. The second kappa shape index (κ2) is 6.96. The second-order valence-electron chi connectivity index (χ2n) is 5.16. The molecule has 1 amide bonds. The van der Waals surface area contributed by atoms with Crippen LogP contribution in [0.2, 0.25) is 0 Å². The molecule has 5 heteroatoms. The van der Waals surface area contributed by atoms with Gasteiger partial charge in [0, 0.05) is 5.56 Å². The third kappa shape index (κ3) is 3.69. The third-order valence-electron chi connectivity index (χ3n) is 3.64. The highest BCUT2D eigenvalue weighted by Gasteiger charge is 2.14. The summed E-state index contributed by atoms with van der Waals surface area (Å²) in [5, 5.41) is 2.77. The standard InChI is InChI=1S/C18H19NO4/c1-11-5-6-13(9-12(11)2)17(20)19-15-10-14(18(21)23-4)7-8-16(15)22-3/h5-10H,1-4H3,(H,19,20). The summed E-state index contributed by atoms with van der Waals surface area (Å²) >= 11 is 0. The molecule has 0 aromatic heterocycles. The molecule has 0 saturated carbocycles. The monoisotopic (exact) mass is 313 g/mol. The fraction of sp³-hybridized carbons (Fsp3) is 0.222. The van der Waals surface area contributed by atoms with Crippen LogP contribution in [0.1, 0.15) is 31.8 Å². The highest BCUT2D eigenvalue weighted by molar-refractivity contribution is 6.06. The van der Waals surface area contributed by atoms with Crippen molar-refractivity contribution < 1.29 is 19.1 Å². The topological polar surface area (TPSA) is 64.6 Å². The SMILES string of the molecule is COC(=O)c1ccc(OC)c(NC(=O)c2ccc(C)c(C)c2)c1. The average molecular weight is 313 g/mol. The van der Waals surface area contributed by atoms with Gasteiger partial charge < -0.3 is 14.8 Å². The van der Waals surface area contributed by atoms with Gasteiger partial charge in [-0.25, -0.2) is 4.79 Å². The zero-order valence-corrected chi connectivity index (χ0v) is 13.6. The van der Waals surface area contributed by atoms with Gasteiger partial charge in [0.25, 0.3) is 5.91 Å². The first-order valence-electron chi connectivity index (χ1n) is 7.11. The lowest BCUT2D eigenvalue weighted by Crippen LogP contribution is -2.14. The molecule has 0 heterocycles. The zero-order chi connectivity index (χ0) is 17.0. The molecule has 2 aromatic rings. The van der Waals surface area contributed by atoms with Gasteiger partial charge in [0.15, 0.2) is 0 Å². The van der Waals surface area contributed by atoms with Gasteiger partial charge in [-0.1, -0.05) is 6.07 Å². The smallest absolute Gasteiger partial charge is 0.337 e. The van der Waals surface area contributed by atoms with E-state index in [1.807, 2.05) is 26.0 Å². The van der Waals surface area contributed by atoms with E-state index in [2.05, 4.69) is 5.32 Å². The maximum absolute atomic E-state index is 12.4. The van der Waals surface area contributed by atoms with Crippen molar-refractivity contribution in [2.24, 2.45) is 0 Å². The summed E-state index contributed by atoms with van der Waals surface area (Å²) in [5.74, 6) is -0.280. The van der Waals surface area contributed by atoms with E-state index >= 15 is 0 Å². The summed E-state index contributed by atoms with van der Waals surface area (Å²) in [4.78, 5) is 24.0.